The van der Waals surface area contributed by atoms with Gasteiger partial charge in [0.05, 0.1) is 6.54 Å². The van der Waals surface area contributed by atoms with Crippen LogP contribution in [0.4, 0.5) is 0 Å². The zero-order chi connectivity index (χ0) is 29.5. The van der Waals surface area contributed by atoms with Gasteiger partial charge in [0.15, 0.2) is 18.1 Å². The topological polar surface area (TPSA) is 112 Å². The summed E-state index contributed by atoms with van der Waals surface area (Å²) in [5.41, 5.74) is 0. The molecule has 0 aliphatic carbocycles. The molecule has 0 aromatic rings. The van der Waals surface area contributed by atoms with Crippen LogP contribution in [-0.2, 0) is 14.4 Å². The van der Waals surface area contributed by atoms with Crippen LogP contribution < -0.4 is 0 Å². The van der Waals surface area contributed by atoms with Crippen molar-refractivity contribution >= 4 is 17.9 Å². The van der Waals surface area contributed by atoms with Crippen LogP contribution in [0.5, 0.6) is 0 Å². The first-order valence-corrected chi connectivity index (χ1v) is 15.8. The Labute approximate surface area is 238 Å². The van der Waals surface area contributed by atoms with Crippen LogP contribution in [-0.4, -0.2) is 62.4 Å². The van der Waals surface area contributed by atoms with Crippen LogP contribution in [0.25, 0.3) is 0 Å². The zero-order valence-electron chi connectivity index (χ0n) is 25.5. The van der Waals surface area contributed by atoms with Gasteiger partial charge < -0.3 is 15.3 Å². The molecule has 3 atom stereocenters. The number of nitrogens with zero attached hydrogens (tertiary/aromatic N) is 1. The van der Waals surface area contributed by atoms with Gasteiger partial charge in [0.25, 0.3) is 0 Å². The second-order valence-corrected chi connectivity index (χ2v) is 11.4. The van der Waals surface area contributed by atoms with E-state index in [-0.39, 0.29) is 6.54 Å². The summed E-state index contributed by atoms with van der Waals surface area (Å²) < 4.78 is -0.475. The summed E-state index contributed by atoms with van der Waals surface area (Å²) in [5, 5.41) is 28.9. The molecular weight excluding hydrogens is 494 g/mol. The molecule has 0 saturated heterocycles. The summed E-state index contributed by atoms with van der Waals surface area (Å²) in [4.78, 5) is 35.4. The first-order chi connectivity index (χ1) is 18.6. The number of quaternary nitrogens is 1. The number of carboxylic acids is 3. The molecule has 0 bridgehead atoms. The highest BCUT2D eigenvalue weighted by molar-refractivity contribution is 5.77. The maximum Gasteiger partial charge on any atom is 0.362 e. The van der Waals surface area contributed by atoms with Gasteiger partial charge in [-0.1, -0.05) is 109 Å². The first-order valence-electron chi connectivity index (χ1n) is 15.8. The number of carboxylic acid groups (broad SMARTS) is 3. The normalized spacial score (nSPS) is 15.6. The molecule has 7 nitrogen and oxygen atoms in total. The van der Waals surface area contributed by atoms with Gasteiger partial charge in [0, 0.05) is 0 Å². The molecule has 3 unspecified atom stereocenters. The van der Waals surface area contributed by atoms with Gasteiger partial charge >= 0.3 is 17.9 Å². The minimum absolute atomic E-state index is 0.227. The molecular formula is C32H60NO6+. The lowest BCUT2D eigenvalue weighted by Crippen LogP contribution is -2.70. The van der Waals surface area contributed by atoms with Crippen molar-refractivity contribution < 1.29 is 34.2 Å². The minimum atomic E-state index is -1.17. The Morgan fingerprint density at radius 1 is 0.513 bits per heavy atom. The molecule has 39 heavy (non-hydrogen) atoms. The predicted octanol–water partition coefficient (Wildman–Crippen LogP) is 8.21. The van der Waals surface area contributed by atoms with Crippen LogP contribution in [0, 0.1) is 0 Å². The Bertz CT molecular complexity index is 642. The van der Waals surface area contributed by atoms with Crippen LogP contribution in [0.2, 0.25) is 0 Å². The predicted molar refractivity (Wildman–Crippen MR) is 159 cm³/mol. The Morgan fingerprint density at radius 3 is 1.08 bits per heavy atom. The Balaban J connectivity index is 3.99. The van der Waals surface area contributed by atoms with E-state index in [0.29, 0.717) is 6.42 Å². The summed E-state index contributed by atoms with van der Waals surface area (Å²) in [6, 6.07) is -3.36. The Kier molecular flexibility index (Phi) is 21.8. The van der Waals surface area contributed by atoms with Crippen molar-refractivity contribution in [3.63, 3.8) is 0 Å². The molecule has 228 valence electrons. The monoisotopic (exact) mass is 554 g/mol. The highest BCUT2D eigenvalue weighted by atomic mass is 16.4. The summed E-state index contributed by atoms with van der Waals surface area (Å²) in [7, 11) is 0. The number of unbranched alkanes of at least 4 members (excludes halogenated alkanes) is 17. The molecule has 0 radical (unpaired) electrons. The summed E-state index contributed by atoms with van der Waals surface area (Å²) in [5.74, 6) is -3.51. The molecule has 7 heteroatoms. The maximum absolute atomic E-state index is 11.8. The summed E-state index contributed by atoms with van der Waals surface area (Å²) >= 11 is 0. The molecule has 3 N–H and O–H groups in total. The molecule has 0 rings (SSSR count). The fourth-order valence-corrected chi connectivity index (χ4v) is 5.79. The van der Waals surface area contributed by atoms with E-state index in [1.807, 2.05) is 0 Å². The summed E-state index contributed by atoms with van der Waals surface area (Å²) in [6.07, 6.45) is 27.8. The van der Waals surface area contributed by atoms with Crippen molar-refractivity contribution in [2.75, 3.05) is 6.54 Å². The van der Waals surface area contributed by atoms with Gasteiger partial charge in [-0.05, 0) is 52.9 Å². The molecule has 0 aromatic heterocycles. The van der Waals surface area contributed by atoms with E-state index in [1.165, 1.54) is 111 Å². The molecule has 0 amide bonds. The third kappa shape index (κ3) is 15.5. The van der Waals surface area contributed by atoms with E-state index >= 15 is 0 Å². The standard InChI is InChI=1S/C32H59NO6/c1-5-6-7-8-9-10-11-12-13-14-15-16-17-18-19-20-21-22-23-24-25-26-33(27(2)30(34)35,28(3)31(36)37)29(4)32(38)39/h6-7,27-29H,5,8-26H2,1-4H3,(H2-,34,35,36,37,38,39)/p+1/b7-6+. The number of allylic oxidation sites excluding steroid dienone is 2. The van der Waals surface area contributed by atoms with Gasteiger partial charge in [-0.25, -0.2) is 14.4 Å². The minimum Gasteiger partial charge on any atom is -0.477 e. The molecule has 0 fully saturated rings. The smallest absolute Gasteiger partial charge is 0.362 e. The molecule has 0 saturated carbocycles. The van der Waals surface area contributed by atoms with Gasteiger partial charge in [0.1, 0.15) is 0 Å². The zero-order valence-corrected chi connectivity index (χ0v) is 25.5. The number of carbonyl (C=O) groups is 3. The lowest BCUT2D eigenvalue weighted by molar-refractivity contribution is -0.968. The van der Waals surface area contributed by atoms with Gasteiger partial charge in [-0.3, -0.25) is 4.48 Å². The van der Waals surface area contributed by atoms with E-state index in [4.69, 9.17) is 0 Å². The van der Waals surface area contributed by atoms with E-state index in [0.717, 1.165) is 25.7 Å². The van der Waals surface area contributed by atoms with Crippen molar-refractivity contribution in [3.8, 4) is 0 Å². The highest BCUT2D eigenvalue weighted by Gasteiger charge is 2.52. The van der Waals surface area contributed by atoms with Crippen LogP contribution in [0.15, 0.2) is 12.2 Å². The van der Waals surface area contributed by atoms with Crippen molar-refractivity contribution in [2.45, 2.75) is 168 Å². The fourth-order valence-electron chi connectivity index (χ4n) is 5.79. The Morgan fingerprint density at radius 2 is 0.795 bits per heavy atom. The summed E-state index contributed by atoms with van der Waals surface area (Å²) in [6.45, 7) is 6.69. The molecule has 0 heterocycles. The third-order valence-electron chi connectivity index (χ3n) is 8.55. The number of rotatable bonds is 27. The van der Waals surface area contributed by atoms with Crippen molar-refractivity contribution in [1.29, 1.82) is 0 Å². The molecule has 0 aliphatic rings. The van der Waals surface area contributed by atoms with E-state index in [9.17, 15) is 29.7 Å². The van der Waals surface area contributed by atoms with E-state index in [2.05, 4.69) is 19.1 Å². The lowest BCUT2D eigenvalue weighted by atomic mass is 9.99. The van der Waals surface area contributed by atoms with Gasteiger partial charge in [-0.15, -0.1) is 0 Å². The molecule has 0 aliphatic heterocycles. The van der Waals surface area contributed by atoms with Crippen molar-refractivity contribution in [1.82, 2.24) is 0 Å². The molecule has 0 spiro atoms. The first kappa shape index (κ1) is 37.1. The van der Waals surface area contributed by atoms with Crippen LogP contribution in [0.3, 0.4) is 0 Å². The number of hydrogen-bond acceptors (Lipinski definition) is 3. The number of aliphatic carboxylic acids is 3. The number of hydrogen-bond donors (Lipinski definition) is 3. The van der Waals surface area contributed by atoms with Crippen molar-refractivity contribution in [3.05, 3.63) is 12.2 Å². The van der Waals surface area contributed by atoms with Crippen LogP contribution >= 0.6 is 0 Å². The second-order valence-electron chi connectivity index (χ2n) is 11.4. The lowest BCUT2D eigenvalue weighted by Gasteiger charge is -2.47. The average molecular weight is 555 g/mol. The van der Waals surface area contributed by atoms with Gasteiger partial charge in [-0.2, -0.15) is 0 Å². The SMILES string of the molecule is CC/C=C/CCCCCCCCCCCCCCCCCCC[N+](C(C)C(=O)O)(C(C)C(=O)O)C(C)C(=O)O. The largest absolute Gasteiger partial charge is 0.477 e. The van der Waals surface area contributed by atoms with E-state index < -0.39 is 40.5 Å². The molecule has 0 aromatic carbocycles. The van der Waals surface area contributed by atoms with Gasteiger partial charge in [0.2, 0.25) is 0 Å². The van der Waals surface area contributed by atoms with E-state index in [1.54, 1.807) is 0 Å². The highest BCUT2D eigenvalue weighted by Crippen LogP contribution is 2.27. The van der Waals surface area contributed by atoms with Crippen molar-refractivity contribution in [2.24, 2.45) is 0 Å². The average Bonchev–Trinajstić information content (AvgIpc) is 2.90. The second kappa shape index (κ2) is 22.9. The maximum atomic E-state index is 11.8. The van der Waals surface area contributed by atoms with Crippen LogP contribution in [0.1, 0.15) is 150 Å². The fraction of sp³-hybridized carbons (Fsp3) is 0.844. The third-order valence-corrected chi connectivity index (χ3v) is 8.55. The quantitative estimate of drug-likeness (QED) is 0.0536. The Hall–Kier alpha value is -1.89.